The second-order valence-electron chi connectivity index (χ2n) is 9.07. The van der Waals surface area contributed by atoms with Crippen molar-refractivity contribution in [2.24, 2.45) is 5.92 Å². The van der Waals surface area contributed by atoms with Crippen LogP contribution in [0.4, 0.5) is 0 Å². The molecule has 0 aliphatic rings. The van der Waals surface area contributed by atoms with E-state index in [0.29, 0.717) is 6.42 Å². The van der Waals surface area contributed by atoms with Crippen LogP contribution in [0.25, 0.3) is 0 Å². The summed E-state index contributed by atoms with van der Waals surface area (Å²) in [7, 11) is -1.19. The van der Waals surface area contributed by atoms with Crippen LogP contribution in [0.2, 0.25) is 25.7 Å². The standard InChI is InChI=1S/C17H34O4Si/c1-16(2,3)20-14(18)13(11-10-12-22(7,8)9)15(19)21-17(4,5)6/h13H,10-12H2,1-9H3. The molecule has 22 heavy (non-hydrogen) atoms. The minimum absolute atomic E-state index is 0.475. The van der Waals surface area contributed by atoms with Crippen molar-refractivity contribution in [2.45, 2.75) is 91.3 Å². The average Bonchev–Trinajstić information content (AvgIpc) is 2.16. The minimum Gasteiger partial charge on any atom is -0.459 e. The Hall–Kier alpha value is -0.843. The molecule has 0 radical (unpaired) electrons. The lowest BCUT2D eigenvalue weighted by Gasteiger charge is -2.26. The van der Waals surface area contributed by atoms with Crippen molar-refractivity contribution in [2.75, 3.05) is 0 Å². The van der Waals surface area contributed by atoms with Crippen LogP contribution < -0.4 is 0 Å². The molecule has 5 heteroatoms. The largest absolute Gasteiger partial charge is 0.459 e. The summed E-state index contributed by atoms with van der Waals surface area (Å²) >= 11 is 0. The normalized spacial score (nSPS) is 13.2. The molecule has 0 aromatic carbocycles. The summed E-state index contributed by atoms with van der Waals surface area (Å²) in [4.78, 5) is 24.7. The smallest absolute Gasteiger partial charge is 0.320 e. The summed E-state index contributed by atoms with van der Waals surface area (Å²) in [5, 5.41) is 0. The second kappa shape index (κ2) is 7.62. The van der Waals surface area contributed by atoms with Gasteiger partial charge in [-0.05, 0) is 48.0 Å². The number of hydrogen-bond acceptors (Lipinski definition) is 4. The van der Waals surface area contributed by atoms with Crippen LogP contribution in [0.5, 0.6) is 0 Å². The molecule has 0 aliphatic carbocycles. The zero-order chi connectivity index (χ0) is 17.8. The van der Waals surface area contributed by atoms with Gasteiger partial charge in [0.15, 0.2) is 5.92 Å². The summed E-state index contributed by atoms with van der Waals surface area (Å²) in [5.74, 6) is -1.77. The van der Waals surface area contributed by atoms with Gasteiger partial charge in [-0.15, -0.1) is 0 Å². The summed E-state index contributed by atoms with van der Waals surface area (Å²) < 4.78 is 10.8. The van der Waals surface area contributed by atoms with E-state index in [4.69, 9.17) is 9.47 Å². The molecule has 0 N–H and O–H groups in total. The molecule has 0 saturated carbocycles. The fourth-order valence-corrected chi connectivity index (χ4v) is 3.18. The lowest BCUT2D eigenvalue weighted by molar-refractivity contribution is -0.174. The molecular weight excluding hydrogens is 296 g/mol. The van der Waals surface area contributed by atoms with Crippen LogP contribution in [-0.4, -0.2) is 31.2 Å². The molecule has 0 fully saturated rings. The topological polar surface area (TPSA) is 52.6 Å². The maximum absolute atomic E-state index is 12.3. The molecule has 0 aliphatic heterocycles. The van der Waals surface area contributed by atoms with Crippen molar-refractivity contribution in [3.8, 4) is 0 Å². The molecule has 0 spiro atoms. The van der Waals surface area contributed by atoms with Gasteiger partial charge in [0, 0.05) is 8.07 Å². The van der Waals surface area contributed by atoms with E-state index in [2.05, 4.69) is 19.6 Å². The van der Waals surface area contributed by atoms with Gasteiger partial charge in [-0.1, -0.05) is 32.1 Å². The fraction of sp³-hybridized carbons (Fsp3) is 0.882. The third kappa shape index (κ3) is 10.8. The molecule has 130 valence electrons. The van der Waals surface area contributed by atoms with Gasteiger partial charge in [-0.25, -0.2) is 0 Å². The van der Waals surface area contributed by atoms with Crippen molar-refractivity contribution < 1.29 is 19.1 Å². The van der Waals surface area contributed by atoms with E-state index in [0.717, 1.165) is 12.5 Å². The average molecular weight is 331 g/mol. The Balaban J connectivity index is 4.91. The van der Waals surface area contributed by atoms with Gasteiger partial charge in [-0.3, -0.25) is 9.59 Å². The van der Waals surface area contributed by atoms with E-state index in [9.17, 15) is 9.59 Å². The van der Waals surface area contributed by atoms with Gasteiger partial charge in [0.25, 0.3) is 0 Å². The number of rotatable bonds is 6. The first-order valence-electron chi connectivity index (χ1n) is 8.06. The van der Waals surface area contributed by atoms with Crippen LogP contribution >= 0.6 is 0 Å². The summed E-state index contributed by atoms with van der Waals surface area (Å²) in [6.07, 6.45) is 1.34. The monoisotopic (exact) mass is 330 g/mol. The Labute approximate surface area is 137 Å². The van der Waals surface area contributed by atoms with Crippen molar-refractivity contribution in [1.29, 1.82) is 0 Å². The molecule has 0 rings (SSSR count). The zero-order valence-corrected chi connectivity index (χ0v) is 16.8. The molecule has 4 nitrogen and oxygen atoms in total. The van der Waals surface area contributed by atoms with E-state index < -0.39 is 37.1 Å². The number of carbonyl (C=O) groups is 2. The third-order valence-electron chi connectivity index (χ3n) is 2.80. The summed E-state index contributed by atoms with van der Waals surface area (Å²) in [5.41, 5.74) is -1.20. The Morgan fingerprint density at radius 1 is 0.864 bits per heavy atom. The molecule has 0 bridgehead atoms. The third-order valence-corrected chi connectivity index (χ3v) is 4.66. The number of hydrogen-bond donors (Lipinski definition) is 0. The molecule has 0 atom stereocenters. The molecule has 0 saturated heterocycles. The second-order valence-corrected chi connectivity index (χ2v) is 14.7. The first kappa shape index (κ1) is 21.2. The summed E-state index contributed by atoms with van der Waals surface area (Å²) in [6.45, 7) is 17.7. The van der Waals surface area contributed by atoms with E-state index >= 15 is 0 Å². The molecule has 0 aromatic rings. The Kier molecular flexibility index (Phi) is 7.33. The fourth-order valence-electron chi connectivity index (χ4n) is 1.91. The SMILES string of the molecule is CC(C)(C)OC(=O)C(CCC[Si](C)(C)C)C(=O)OC(C)(C)C. The lowest BCUT2D eigenvalue weighted by Crippen LogP contribution is -2.37. The van der Waals surface area contributed by atoms with Gasteiger partial charge < -0.3 is 9.47 Å². The Morgan fingerprint density at radius 2 is 1.23 bits per heavy atom. The Morgan fingerprint density at radius 3 is 1.50 bits per heavy atom. The van der Waals surface area contributed by atoms with E-state index in [1.165, 1.54) is 0 Å². The Bertz CT molecular complexity index is 355. The summed E-state index contributed by atoms with van der Waals surface area (Å²) in [6, 6.07) is 1.08. The highest BCUT2D eigenvalue weighted by Gasteiger charge is 2.34. The lowest BCUT2D eigenvalue weighted by atomic mass is 10.0. The first-order valence-corrected chi connectivity index (χ1v) is 11.8. The molecular formula is C17H34O4Si. The minimum atomic E-state index is -1.19. The molecule has 0 heterocycles. The maximum Gasteiger partial charge on any atom is 0.320 e. The highest BCUT2D eigenvalue weighted by molar-refractivity contribution is 6.76. The van der Waals surface area contributed by atoms with Crippen LogP contribution in [0.3, 0.4) is 0 Å². The molecule has 0 amide bonds. The van der Waals surface area contributed by atoms with Crippen LogP contribution in [0, 0.1) is 5.92 Å². The van der Waals surface area contributed by atoms with Crippen LogP contribution in [0.15, 0.2) is 0 Å². The van der Waals surface area contributed by atoms with Crippen LogP contribution in [0.1, 0.15) is 54.4 Å². The maximum atomic E-state index is 12.3. The number of ether oxygens (including phenoxy) is 2. The first-order chi connectivity index (χ1) is 9.61. The van der Waals surface area contributed by atoms with E-state index in [1.54, 1.807) is 41.5 Å². The quantitative estimate of drug-likeness (QED) is 0.411. The van der Waals surface area contributed by atoms with Crippen molar-refractivity contribution in [1.82, 2.24) is 0 Å². The van der Waals surface area contributed by atoms with E-state index in [1.807, 2.05) is 0 Å². The van der Waals surface area contributed by atoms with Crippen molar-refractivity contribution in [3.05, 3.63) is 0 Å². The molecule has 0 unspecified atom stereocenters. The van der Waals surface area contributed by atoms with Gasteiger partial charge in [0.2, 0.25) is 0 Å². The van der Waals surface area contributed by atoms with Crippen molar-refractivity contribution in [3.63, 3.8) is 0 Å². The molecule has 0 aromatic heterocycles. The number of esters is 2. The van der Waals surface area contributed by atoms with E-state index in [-0.39, 0.29) is 0 Å². The zero-order valence-electron chi connectivity index (χ0n) is 15.8. The predicted octanol–water partition coefficient (Wildman–Crippen LogP) is 4.40. The van der Waals surface area contributed by atoms with Gasteiger partial charge in [0.1, 0.15) is 11.2 Å². The van der Waals surface area contributed by atoms with Crippen LogP contribution in [-0.2, 0) is 19.1 Å². The van der Waals surface area contributed by atoms with Gasteiger partial charge >= 0.3 is 11.9 Å². The highest BCUT2D eigenvalue weighted by Crippen LogP contribution is 2.22. The van der Waals surface area contributed by atoms with Gasteiger partial charge in [0.05, 0.1) is 0 Å². The number of carbonyl (C=O) groups excluding carboxylic acids is 2. The highest BCUT2D eigenvalue weighted by atomic mass is 28.3. The predicted molar refractivity (Wildman–Crippen MR) is 92.6 cm³/mol. The van der Waals surface area contributed by atoms with Gasteiger partial charge in [-0.2, -0.15) is 0 Å². The van der Waals surface area contributed by atoms with Crippen molar-refractivity contribution >= 4 is 20.0 Å².